The number of hydrogen-bond donors (Lipinski definition) is 2. The smallest absolute Gasteiger partial charge is 0.227 e. The number of aromatic nitrogens is 3. The second kappa shape index (κ2) is 15.8. The van der Waals surface area contributed by atoms with E-state index in [1.165, 1.54) is 0 Å². The lowest BCUT2D eigenvalue weighted by Crippen LogP contribution is -2.33. The van der Waals surface area contributed by atoms with E-state index in [9.17, 15) is 9.59 Å². The number of hydrogen-bond acceptors (Lipinski definition) is 8. The number of benzene rings is 2. The zero-order chi connectivity index (χ0) is 28.9. The predicted octanol–water partition coefficient (Wildman–Crippen LogP) is 2.97. The van der Waals surface area contributed by atoms with Gasteiger partial charge in [0.05, 0.1) is 64.2 Å². The van der Waals surface area contributed by atoms with E-state index in [2.05, 4.69) is 15.6 Å². The molecule has 3 aromatic rings. The molecule has 40 heavy (non-hydrogen) atoms. The topological polar surface area (TPSA) is 128 Å². The Balaban J connectivity index is 1.22. The number of nitrogens with one attached hydrogen (secondary N) is 2. The molecule has 0 bridgehead atoms. The van der Waals surface area contributed by atoms with E-state index < -0.39 is 0 Å². The van der Waals surface area contributed by atoms with Gasteiger partial charge in [-0.15, -0.1) is 5.10 Å². The van der Waals surface area contributed by atoms with Gasteiger partial charge in [0.25, 0.3) is 0 Å². The maximum atomic E-state index is 13.5. The zero-order valence-electron chi connectivity index (χ0n) is 23.8. The van der Waals surface area contributed by atoms with Gasteiger partial charge in [0, 0.05) is 37.1 Å². The van der Waals surface area contributed by atoms with Crippen LogP contribution < -0.4 is 10.2 Å². The van der Waals surface area contributed by atoms with Crippen LogP contribution in [0, 0.1) is 0 Å². The van der Waals surface area contributed by atoms with Crippen molar-refractivity contribution in [2.24, 2.45) is 0 Å². The van der Waals surface area contributed by atoms with E-state index in [0.717, 1.165) is 16.2 Å². The molecule has 0 spiro atoms. The van der Waals surface area contributed by atoms with Gasteiger partial charge in [-0.3, -0.25) is 14.7 Å². The third kappa shape index (κ3) is 8.18. The Morgan fingerprint density at radius 2 is 1.55 bits per heavy atom. The Morgan fingerprint density at radius 1 is 0.900 bits per heavy atom. The molecule has 1 aliphatic rings. The first-order valence-electron chi connectivity index (χ1n) is 14.1. The minimum atomic E-state index is -0.223. The number of para-hydroxylation sites is 1. The number of H-pyrrole nitrogens is 1. The number of rotatable bonds is 16. The van der Waals surface area contributed by atoms with Crippen LogP contribution in [0.5, 0.6) is 0 Å². The van der Waals surface area contributed by atoms with E-state index in [0.29, 0.717) is 88.6 Å². The van der Waals surface area contributed by atoms with Crippen LogP contribution in [-0.4, -0.2) is 86.6 Å². The molecule has 1 aromatic heterocycles. The second-order valence-electron chi connectivity index (χ2n) is 9.02. The lowest BCUT2D eigenvalue weighted by molar-refractivity contribution is -0.125. The number of amides is 2. The number of anilines is 1. The number of ether oxygens (including phenoxy) is 4. The minimum Gasteiger partial charge on any atom is -0.379 e. The molecule has 0 unspecified atom stereocenters. The summed E-state index contributed by atoms with van der Waals surface area (Å²) in [6.45, 7) is 6.60. The molecule has 0 atom stereocenters. The molecular weight excluding hydrogens is 514 g/mol. The zero-order valence-corrected chi connectivity index (χ0v) is 22.8. The van der Waals surface area contributed by atoms with Gasteiger partial charge in [0.1, 0.15) is 5.69 Å². The lowest BCUT2D eigenvalue weighted by Gasteiger charge is -2.28. The number of fused-ring (bicyclic) bond motifs is 5. The van der Waals surface area contributed by atoms with Gasteiger partial charge in [-0.1, -0.05) is 47.7 Å². The molecule has 2 heterocycles. The summed E-state index contributed by atoms with van der Waals surface area (Å²) >= 11 is 0. The van der Waals surface area contributed by atoms with Gasteiger partial charge in [0.2, 0.25) is 11.8 Å². The summed E-state index contributed by atoms with van der Waals surface area (Å²) in [4.78, 5) is 27.6. The molecule has 1 aliphatic heterocycles. The molecule has 0 saturated carbocycles. The van der Waals surface area contributed by atoms with Crippen molar-refractivity contribution >= 4 is 17.5 Å². The summed E-state index contributed by atoms with van der Waals surface area (Å²) in [5.74, 6) is -0.413. The van der Waals surface area contributed by atoms with Crippen LogP contribution in [0.3, 0.4) is 0 Å². The van der Waals surface area contributed by atoms with Crippen molar-refractivity contribution in [2.75, 3.05) is 64.3 Å². The number of aromatic amines is 1. The Morgan fingerprint density at radius 3 is 2.30 bits per heavy atom. The third-order valence-electron chi connectivity index (χ3n) is 6.32. The summed E-state index contributed by atoms with van der Waals surface area (Å²) < 4.78 is 29.8. The maximum absolute atomic E-state index is 13.5. The van der Waals surface area contributed by atoms with Gasteiger partial charge in [-0.05, 0) is 18.6 Å². The molecule has 214 valence electrons. The van der Waals surface area contributed by atoms with Gasteiger partial charge in [-0.2, -0.15) is 0 Å². The van der Waals surface area contributed by atoms with Crippen molar-refractivity contribution in [3.05, 3.63) is 54.1 Å². The van der Waals surface area contributed by atoms with Crippen LogP contribution in [0.1, 0.15) is 25.3 Å². The number of carbonyl (C=O) groups excluding carboxylic acids is 2. The van der Waals surface area contributed by atoms with Crippen LogP contribution >= 0.6 is 0 Å². The fourth-order valence-corrected chi connectivity index (χ4v) is 4.36. The highest BCUT2D eigenvalue weighted by Gasteiger charge is 2.27. The average Bonchev–Trinajstić information content (AvgIpc) is 3.36. The van der Waals surface area contributed by atoms with E-state index >= 15 is 0 Å². The van der Waals surface area contributed by atoms with Gasteiger partial charge in [-0.25, -0.2) is 0 Å². The van der Waals surface area contributed by atoms with E-state index in [-0.39, 0.29) is 24.7 Å². The summed E-state index contributed by atoms with van der Waals surface area (Å²) in [6.07, 6.45) is 0.0870. The highest BCUT2D eigenvalue weighted by atomic mass is 16.6. The Labute approximate surface area is 235 Å². The molecule has 11 heteroatoms. The molecule has 4 rings (SSSR count). The van der Waals surface area contributed by atoms with Gasteiger partial charge < -0.3 is 29.2 Å². The van der Waals surface area contributed by atoms with Crippen LogP contribution in [0.25, 0.3) is 22.5 Å². The van der Waals surface area contributed by atoms with Gasteiger partial charge in [0.15, 0.2) is 1.41 Å². The number of carbonyl (C=O) groups is 2. The quantitative estimate of drug-likeness (QED) is 0.259. The molecule has 2 N–H and O–H groups in total. The van der Waals surface area contributed by atoms with E-state index in [4.69, 9.17) is 20.4 Å². The highest BCUT2D eigenvalue weighted by Crippen LogP contribution is 2.39. The second-order valence-corrected chi connectivity index (χ2v) is 9.02. The molecule has 2 aromatic carbocycles. The SMILES string of the molecule is [3H]n1nnc2c1-c1ccccc1N(C(=O)CCC(=O)NCCOCCOCCOCCOCC)Cc1ccccc1-2. The van der Waals surface area contributed by atoms with Crippen molar-refractivity contribution in [3.8, 4) is 22.5 Å². The third-order valence-corrected chi connectivity index (χ3v) is 6.32. The van der Waals surface area contributed by atoms with Crippen LogP contribution in [0.4, 0.5) is 5.69 Å². The summed E-state index contributed by atoms with van der Waals surface area (Å²) in [7, 11) is 0. The first-order chi connectivity index (χ1) is 20.1. The first kappa shape index (κ1) is 27.9. The molecule has 0 aliphatic carbocycles. The molecule has 2 amide bonds. The molecular formula is C29H37N5O6. The maximum Gasteiger partial charge on any atom is 0.227 e. The van der Waals surface area contributed by atoms with Crippen molar-refractivity contribution in [3.63, 3.8) is 0 Å². The Hall–Kier alpha value is -3.64. The summed E-state index contributed by atoms with van der Waals surface area (Å²) in [5, 5.41) is 12.0. The van der Waals surface area contributed by atoms with E-state index in [1.807, 2.05) is 55.5 Å². The molecule has 0 fully saturated rings. The summed E-state index contributed by atoms with van der Waals surface area (Å²) in [6, 6.07) is 15.1. The normalized spacial score (nSPS) is 12.5. The average molecular weight is 554 g/mol. The first-order valence-corrected chi connectivity index (χ1v) is 13.6. The molecule has 0 saturated heterocycles. The largest absolute Gasteiger partial charge is 0.379 e. The van der Waals surface area contributed by atoms with Crippen molar-refractivity contribution in [2.45, 2.75) is 26.3 Å². The van der Waals surface area contributed by atoms with Crippen LogP contribution in [0.15, 0.2) is 48.5 Å². The van der Waals surface area contributed by atoms with E-state index in [1.54, 1.807) is 4.90 Å². The van der Waals surface area contributed by atoms with Crippen molar-refractivity contribution < 1.29 is 29.9 Å². The van der Waals surface area contributed by atoms with Gasteiger partial charge >= 0.3 is 0 Å². The fourth-order valence-electron chi connectivity index (χ4n) is 4.36. The van der Waals surface area contributed by atoms with Crippen LogP contribution in [0.2, 0.25) is 1.41 Å². The highest BCUT2D eigenvalue weighted by molar-refractivity contribution is 6.01. The summed E-state index contributed by atoms with van der Waals surface area (Å²) in [5.41, 5.74) is 4.16. The molecule has 0 radical (unpaired) electrons. The predicted molar refractivity (Wildman–Crippen MR) is 150 cm³/mol. The Kier molecular flexibility index (Phi) is 11.0. The minimum absolute atomic E-state index is 0.0366. The number of nitrogens with zero attached hydrogens (tertiary/aromatic N) is 3. The standard InChI is InChI=1S/C29H37N5O6/c1-2-37-15-16-39-19-20-40-18-17-38-14-13-30-26(35)11-12-27(36)34-21-22-7-3-4-8-23(22)28-29(32-33-31-28)24-9-5-6-10-25(24)34/h3-10H,2,11-21H2,1H3,(H,30,35)(H,31,32,33)/i/hT. The van der Waals surface area contributed by atoms with Crippen molar-refractivity contribution in [1.82, 2.24) is 20.7 Å². The lowest BCUT2D eigenvalue weighted by atomic mass is 9.95. The molecule has 11 nitrogen and oxygen atoms in total. The monoisotopic (exact) mass is 553 g/mol. The Bertz CT molecular complexity index is 1290. The van der Waals surface area contributed by atoms with Crippen LogP contribution in [-0.2, 0) is 35.1 Å². The fraction of sp³-hybridized carbons (Fsp3) is 0.448. The van der Waals surface area contributed by atoms with Crippen molar-refractivity contribution in [1.29, 1.82) is 0 Å².